The average Bonchev–Trinajstić information content (AvgIpc) is 3.03. The lowest BCUT2D eigenvalue weighted by molar-refractivity contribution is -0.121. The maximum atomic E-state index is 12.2. The molecule has 0 spiro atoms. The summed E-state index contributed by atoms with van der Waals surface area (Å²) in [7, 11) is 0. The Bertz CT molecular complexity index is 740. The molecule has 2 aromatic rings. The molecule has 1 fully saturated rings. The van der Waals surface area contributed by atoms with E-state index in [1.807, 2.05) is 0 Å². The van der Waals surface area contributed by atoms with Gasteiger partial charge >= 0.3 is 0 Å². The van der Waals surface area contributed by atoms with Gasteiger partial charge in [0.05, 0.1) is 0 Å². The summed E-state index contributed by atoms with van der Waals surface area (Å²) >= 11 is 0. The van der Waals surface area contributed by atoms with Crippen molar-refractivity contribution in [2.24, 2.45) is 5.92 Å². The van der Waals surface area contributed by atoms with Crippen LogP contribution in [0.4, 0.5) is 0 Å². The van der Waals surface area contributed by atoms with Crippen molar-refractivity contribution < 1.29 is 4.79 Å². The first kappa shape index (κ1) is 16.7. The topological polar surface area (TPSA) is 44.9 Å². The van der Waals surface area contributed by atoms with Gasteiger partial charge in [-0.25, -0.2) is 0 Å². The Labute approximate surface area is 150 Å². The Hall–Kier alpha value is -1.77. The highest BCUT2D eigenvalue weighted by Gasteiger charge is 2.16. The number of aromatic amines is 1. The number of carbonyl (C=O) groups is 1. The van der Waals surface area contributed by atoms with E-state index >= 15 is 0 Å². The largest absolute Gasteiger partial charge is 0.358 e. The van der Waals surface area contributed by atoms with Crippen molar-refractivity contribution in [3.8, 4) is 0 Å². The molecule has 0 bridgehead atoms. The van der Waals surface area contributed by atoms with Crippen LogP contribution in [0.3, 0.4) is 0 Å². The average molecular weight is 338 g/mol. The summed E-state index contributed by atoms with van der Waals surface area (Å²) in [6, 6.07) is 6.60. The summed E-state index contributed by atoms with van der Waals surface area (Å²) in [6.45, 7) is 0.652. The normalized spacial score (nSPS) is 18.2. The van der Waals surface area contributed by atoms with Crippen LogP contribution < -0.4 is 5.32 Å². The molecule has 1 saturated carbocycles. The van der Waals surface area contributed by atoms with Crippen LogP contribution in [-0.2, 0) is 24.2 Å². The van der Waals surface area contributed by atoms with Crippen molar-refractivity contribution in [1.82, 2.24) is 10.3 Å². The minimum absolute atomic E-state index is 0.210. The zero-order valence-corrected chi connectivity index (χ0v) is 15.2. The number of H-pyrrole nitrogens is 1. The van der Waals surface area contributed by atoms with Gasteiger partial charge in [-0.15, -0.1) is 0 Å². The quantitative estimate of drug-likeness (QED) is 0.789. The van der Waals surface area contributed by atoms with Crippen LogP contribution in [0, 0.1) is 5.92 Å². The molecule has 1 amide bonds. The van der Waals surface area contributed by atoms with Gasteiger partial charge in [0.25, 0.3) is 0 Å². The molecule has 3 nitrogen and oxygen atoms in total. The predicted molar refractivity (Wildman–Crippen MR) is 103 cm³/mol. The van der Waals surface area contributed by atoms with E-state index in [2.05, 4.69) is 28.5 Å². The third-order valence-corrected chi connectivity index (χ3v) is 6.16. The molecule has 2 aliphatic rings. The number of carbonyl (C=O) groups excluding carboxylic acids is 1. The number of aryl methyl sites for hydroxylation is 2. The number of aromatic nitrogens is 1. The molecule has 2 aliphatic carbocycles. The van der Waals surface area contributed by atoms with Gasteiger partial charge in [0.2, 0.25) is 5.91 Å². The molecule has 2 N–H and O–H groups in total. The summed E-state index contributed by atoms with van der Waals surface area (Å²) in [5, 5.41) is 4.49. The first-order chi connectivity index (χ1) is 12.3. The minimum Gasteiger partial charge on any atom is -0.358 e. The van der Waals surface area contributed by atoms with Gasteiger partial charge in [-0.3, -0.25) is 4.79 Å². The summed E-state index contributed by atoms with van der Waals surface area (Å²) in [4.78, 5) is 15.8. The fraction of sp³-hybridized carbons (Fsp3) is 0.591. The van der Waals surface area contributed by atoms with E-state index in [1.54, 1.807) is 0 Å². The molecule has 134 valence electrons. The Morgan fingerprint density at radius 3 is 2.80 bits per heavy atom. The van der Waals surface area contributed by atoms with Crippen molar-refractivity contribution in [3.63, 3.8) is 0 Å². The standard InChI is InChI=1S/C22H30N2O/c25-22(13-11-16-6-2-1-3-7-16)23-15-17-10-12-21-19(14-17)18-8-4-5-9-20(18)24-21/h10,12,14,16,24H,1-9,11,13,15H2,(H,23,25). The molecule has 3 heteroatoms. The Morgan fingerprint density at radius 2 is 1.92 bits per heavy atom. The molecular weight excluding hydrogens is 308 g/mol. The van der Waals surface area contributed by atoms with Gasteiger partial charge in [-0.1, -0.05) is 38.2 Å². The smallest absolute Gasteiger partial charge is 0.220 e. The van der Waals surface area contributed by atoms with Crippen molar-refractivity contribution in [2.45, 2.75) is 77.2 Å². The zero-order chi connectivity index (χ0) is 17.1. The second-order valence-corrected chi connectivity index (χ2v) is 7.99. The highest BCUT2D eigenvalue weighted by atomic mass is 16.1. The number of rotatable bonds is 5. The summed E-state index contributed by atoms with van der Waals surface area (Å²) in [6.07, 6.45) is 13.4. The van der Waals surface area contributed by atoms with Gasteiger partial charge in [0.15, 0.2) is 0 Å². The maximum absolute atomic E-state index is 12.2. The number of hydrogen-bond acceptors (Lipinski definition) is 1. The van der Waals surface area contributed by atoms with Crippen molar-refractivity contribution in [2.75, 3.05) is 0 Å². The molecule has 0 unspecified atom stereocenters. The van der Waals surface area contributed by atoms with E-state index in [4.69, 9.17) is 0 Å². The number of nitrogens with one attached hydrogen (secondary N) is 2. The van der Waals surface area contributed by atoms with E-state index in [0.717, 1.165) is 12.3 Å². The van der Waals surface area contributed by atoms with Gasteiger partial charge in [0.1, 0.15) is 0 Å². The van der Waals surface area contributed by atoms with Crippen LogP contribution >= 0.6 is 0 Å². The molecule has 0 radical (unpaired) electrons. The number of fused-ring (bicyclic) bond motifs is 3. The number of amides is 1. The fourth-order valence-electron chi connectivity index (χ4n) is 4.66. The molecule has 1 aromatic heterocycles. The molecule has 25 heavy (non-hydrogen) atoms. The lowest BCUT2D eigenvalue weighted by Crippen LogP contribution is -2.23. The van der Waals surface area contributed by atoms with Crippen LogP contribution in [0.5, 0.6) is 0 Å². The summed E-state index contributed by atoms with van der Waals surface area (Å²) in [5.41, 5.74) is 5.40. The van der Waals surface area contributed by atoms with E-state index in [1.165, 1.54) is 85.5 Å². The third-order valence-electron chi connectivity index (χ3n) is 6.16. The second-order valence-electron chi connectivity index (χ2n) is 7.99. The van der Waals surface area contributed by atoms with Crippen LogP contribution in [0.1, 0.15) is 74.6 Å². The van der Waals surface area contributed by atoms with Crippen LogP contribution in [0.25, 0.3) is 10.9 Å². The minimum atomic E-state index is 0.210. The zero-order valence-electron chi connectivity index (χ0n) is 15.2. The molecule has 4 rings (SSSR count). The highest BCUT2D eigenvalue weighted by Crippen LogP contribution is 2.30. The summed E-state index contributed by atoms with van der Waals surface area (Å²) < 4.78 is 0. The first-order valence-electron chi connectivity index (χ1n) is 10.2. The molecule has 0 saturated heterocycles. The Morgan fingerprint density at radius 1 is 1.08 bits per heavy atom. The van der Waals surface area contributed by atoms with E-state index in [9.17, 15) is 4.79 Å². The van der Waals surface area contributed by atoms with Gasteiger partial charge in [-0.2, -0.15) is 0 Å². The van der Waals surface area contributed by atoms with Gasteiger partial charge in [0, 0.05) is 29.6 Å². The molecule has 1 aromatic carbocycles. The maximum Gasteiger partial charge on any atom is 0.220 e. The second kappa shape index (κ2) is 7.63. The van der Waals surface area contributed by atoms with Crippen molar-refractivity contribution in [3.05, 3.63) is 35.0 Å². The number of hydrogen-bond donors (Lipinski definition) is 2. The molecular formula is C22H30N2O. The Kier molecular flexibility index (Phi) is 5.09. The van der Waals surface area contributed by atoms with E-state index in [0.29, 0.717) is 13.0 Å². The fourth-order valence-corrected chi connectivity index (χ4v) is 4.66. The van der Waals surface area contributed by atoms with Crippen LogP contribution in [-0.4, -0.2) is 10.9 Å². The molecule has 1 heterocycles. The van der Waals surface area contributed by atoms with Crippen LogP contribution in [0.2, 0.25) is 0 Å². The van der Waals surface area contributed by atoms with Crippen LogP contribution in [0.15, 0.2) is 18.2 Å². The lowest BCUT2D eigenvalue weighted by Gasteiger charge is -2.21. The van der Waals surface area contributed by atoms with Crippen molar-refractivity contribution >= 4 is 16.8 Å². The Balaban J connectivity index is 1.33. The summed E-state index contributed by atoms with van der Waals surface area (Å²) in [5.74, 6) is 0.990. The molecule has 0 atom stereocenters. The third kappa shape index (κ3) is 3.91. The first-order valence-corrected chi connectivity index (χ1v) is 10.2. The molecule has 0 aliphatic heterocycles. The number of benzene rings is 1. The van der Waals surface area contributed by atoms with E-state index in [-0.39, 0.29) is 5.91 Å². The van der Waals surface area contributed by atoms with E-state index < -0.39 is 0 Å². The monoisotopic (exact) mass is 338 g/mol. The van der Waals surface area contributed by atoms with Crippen molar-refractivity contribution in [1.29, 1.82) is 0 Å². The highest BCUT2D eigenvalue weighted by molar-refractivity contribution is 5.85. The van der Waals surface area contributed by atoms with Gasteiger partial charge in [-0.05, 0) is 61.3 Å². The SMILES string of the molecule is O=C(CCC1CCCCC1)NCc1ccc2[nH]c3c(c2c1)CCCC3. The van der Waals surface area contributed by atoms with Gasteiger partial charge < -0.3 is 10.3 Å². The predicted octanol–water partition coefficient (Wildman–Crippen LogP) is 5.02. The lowest BCUT2D eigenvalue weighted by atomic mass is 9.86.